The highest BCUT2D eigenvalue weighted by Crippen LogP contribution is 2.25. The summed E-state index contributed by atoms with van der Waals surface area (Å²) in [4.78, 5) is 17.9. The number of piperidine rings is 2. The van der Waals surface area contributed by atoms with E-state index in [4.69, 9.17) is 0 Å². The number of likely N-dealkylation sites (N-methyl/N-ethyl adjacent to an activating group) is 1. The Bertz CT molecular complexity index is 1220. The van der Waals surface area contributed by atoms with E-state index in [0.29, 0.717) is 23.3 Å². The zero-order chi connectivity index (χ0) is 26.5. The monoisotopic (exact) mass is 520 g/mol. The summed E-state index contributed by atoms with van der Waals surface area (Å²) < 4.78 is 14.9. The maximum absolute atomic E-state index is 13.3. The van der Waals surface area contributed by atoms with Gasteiger partial charge in [0.05, 0.1) is 0 Å². The number of benzene rings is 2. The summed E-state index contributed by atoms with van der Waals surface area (Å²) >= 11 is 0. The van der Waals surface area contributed by atoms with Crippen molar-refractivity contribution in [2.75, 3.05) is 45.1 Å². The Labute approximate surface area is 223 Å². The van der Waals surface area contributed by atoms with Gasteiger partial charge in [-0.2, -0.15) is 0 Å². The quantitative estimate of drug-likeness (QED) is 0.496. The molecule has 1 unspecified atom stereocenters. The molecule has 2 aliphatic heterocycles. The molecule has 0 aliphatic carbocycles. The lowest BCUT2D eigenvalue weighted by Gasteiger charge is -2.41. The smallest absolute Gasteiger partial charge is 0.319 e. The molecule has 2 N–H and O–H groups in total. The van der Waals surface area contributed by atoms with Crippen LogP contribution < -0.4 is 10.6 Å². The van der Waals surface area contributed by atoms with Crippen LogP contribution in [0.4, 0.5) is 14.9 Å². The van der Waals surface area contributed by atoms with Crippen LogP contribution in [0.3, 0.4) is 0 Å². The molecule has 2 amide bonds. The van der Waals surface area contributed by atoms with E-state index in [1.165, 1.54) is 18.4 Å². The number of hydrogen-bond donors (Lipinski definition) is 2. The third-order valence-corrected chi connectivity index (χ3v) is 7.81. The third-order valence-electron chi connectivity index (χ3n) is 7.81. The SMILES string of the molecule is CN1CC[C@@H](CN2CCCC(Cc3ccc(F)cc3)C2)[C@@H](NC(=O)Nc2cccc(-c3nnnn3C)c2)C1. The van der Waals surface area contributed by atoms with Gasteiger partial charge in [0.15, 0.2) is 5.82 Å². The van der Waals surface area contributed by atoms with Gasteiger partial charge in [-0.05, 0) is 97.9 Å². The van der Waals surface area contributed by atoms with Crippen LogP contribution in [-0.2, 0) is 13.5 Å². The van der Waals surface area contributed by atoms with Gasteiger partial charge in [0.2, 0.25) is 0 Å². The van der Waals surface area contributed by atoms with Gasteiger partial charge in [-0.15, -0.1) is 5.10 Å². The minimum atomic E-state index is -0.198. The van der Waals surface area contributed by atoms with Crippen molar-refractivity contribution in [1.29, 1.82) is 0 Å². The lowest BCUT2D eigenvalue weighted by atomic mass is 9.88. The van der Waals surface area contributed by atoms with E-state index < -0.39 is 0 Å². The molecule has 0 bridgehead atoms. The number of carbonyl (C=O) groups is 1. The minimum absolute atomic E-state index is 0.0670. The van der Waals surface area contributed by atoms with Crippen LogP contribution in [0.15, 0.2) is 48.5 Å². The average Bonchev–Trinajstić information content (AvgIpc) is 3.33. The lowest BCUT2D eigenvalue weighted by molar-refractivity contribution is 0.0997. The fourth-order valence-corrected chi connectivity index (χ4v) is 5.86. The van der Waals surface area contributed by atoms with Crippen molar-refractivity contribution in [3.8, 4) is 11.4 Å². The van der Waals surface area contributed by atoms with Gasteiger partial charge in [0.25, 0.3) is 0 Å². The molecule has 1 aromatic heterocycles. The molecule has 9 nitrogen and oxygen atoms in total. The number of amides is 2. The molecule has 3 aromatic rings. The van der Waals surface area contributed by atoms with E-state index in [2.05, 4.69) is 43.0 Å². The van der Waals surface area contributed by atoms with Crippen LogP contribution in [0.5, 0.6) is 0 Å². The van der Waals surface area contributed by atoms with Crippen molar-refractivity contribution < 1.29 is 9.18 Å². The molecule has 2 saturated heterocycles. The van der Waals surface area contributed by atoms with Crippen molar-refractivity contribution in [1.82, 2.24) is 35.3 Å². The molecule has 0 radical (unpaired) electrons. The van der Waals surface area contributed by atoms with Crippen LogP contribution in [0.1, 0.15) is 24.8 Å². The van der Waals surface area contributed by atoms with Crippen molar-refractivity contribution in [3.63, 3.8) is 0 Å². The molecule has 2 aliphatic rings. The molecule has 3 heterocycles. The number of rotatable bonds is 7. The first-order chi connectivity index (χ1) is 18.4. The van der Waals surface area contributed by atoms with E-state index in [-0.39, 0.29) is 17.9 Å². The highest BCUT2D eigenvalue weighted by atomic mass is 19.1. The van der Waals surface area contributed by atoms with Crippen LogP contribution in [0, 0.1) is 17.7 Å². The molecule has 2 aromatic carbocycles. The summed E-state index contributed by atoms with van der Waals surface area (Å²) in [6.45, 7) is 4.98. The molecule has 2 fully saturated rings. The Morgan fingerprint density at radius 1 is 1.08 bits per heavy atom. The second-order valence-electron chi connectivity index (χ2n) is 10.8. The number of aromatic nitrogens is 4. The van der Waals surface area contributed by atoms with Crippen molar-refractivity contribution in [3.05, 3.63) is 59.9 Å². The van der Waals surface area contributed by atoms with Crippen LogP contribution in [0.25, 0.3) is 11.4 Å². The first kappa shape index (κ1) is 26.2. The number of hydrogen-bond acceptors (Lipinski definition) is 6. The minimum Gasteiger partial charge on any atom is -0.334 e. The van der Waals surface area contributed by atoms with Gasteiger partial charge in [-0.25, -0.2) is 13.9 Å². The molecule has 38 heavy (non-hydrogen) atoms. The number of aryl methyl sites for hydroxylation is 1. The number of nitrogens with zero attached hydrogens (tertiary/aromatic N) is 6. The summed E-state index contributed by atoms with van der Waals surface area (Å²) in [6, 6.07) is 14.3. The molecular weight excluding hydrogens is 483 g/mol. The standard InChI is InChI=1S/C28H37FN8O/c1-35-14-12-23(18-37-13-4-5-21(17-37)15-20-8-10-24(29)11-9-20)26(19-35)31-28(38)30-25-7-3-6-22(16-25)27-32-33-34-36(27)2/h3,6-11,16,21,23,26H,4-5,12-15,17-19H2,1-2H3,(H2,30,31,38)/t21?,23-,26-/m0/s1. The maximum atomic E-state index is 13.3. The lowest BCUT2D eigenvalue weighted by Crippen LogP contribution is -2.55. The van der Waals surface area contributed by atoms with Gasteiger partial charge >= 0.3 is 6.03 Å². The number of carbonyl (C=O) groups excluding carboxylic acids is 1. The van der Waals surface area contributed by atoms with E-state index in [1.807, 2.05) is 36.4 Å². The average molecular weight is 521 g/mol. The van der Waals surface area contributed by atoms with Crippen molar-refractivity contribution >= 4 is 11.7 Å². The zero-order valence-electron chi connectivity index (χ0n) is 22.2. The van der Waals surface area contributed by atoms with Crippen LogP contribution >= 0.6 is 0 Å². The second kappa shape index (κ2) is 12.0. The summed E-state index contributed by atoms with van der Waals surface area (Å²) in [5.41, 5.74) is 2.74. The predicted octanol–water partition coefficient (Wildman–Crippen LogP) is 3.41. The summed E-state index contributed by atoms with van der Waals surface area (Å²) in [6.07, 6.45) is 4.41. The summed E-state index contributed by atoms with van der Waals surface area (Å²) in [5.74, 6) is 1.42. The predicted molar refractivity (Wildman–Crippen MR) is 145 cm³/mol. The van der Waals surface area contributed by atoms with E-state index in [9.17, 15) is 9.18 Å². The van der Waals surface area contributed by atoms with E-state index in [0.717, 1.165) is 51.1 Å². The molecule has 202 valence electrons. The molecule has 0 spiro atoms. The first-order valence-corrected chi connectivity index (χ1v) is 13.5. The Hall–Kier alpha value is -3.37. The van der Waals surface area contributed by atoms with Gasteiger partial charge in [0, 0.05) is 44.0 Å². The Kier molecular flexibility index (Phi) is 8.29. The number of tetrazole rings is 1. The first-order valence-electron chi connectivity index (χ1n) is 13.5. The molecule has 3 atom stereocenters. The number of nitrogens with one attached hydrogen (secondary N) is 2. The zero-order valence-corrected chi connectivity index (χ0v) is 22.2. The number of halogens is 1. The second-order valence-corrected chi connectivity index (χ2v) is 10.8. The number of likely N-dealkylation sites (tertiary alicyclic amines) is 2. The molecule has 0 saturated carbocycles. The largest absolute Gasteiger partial charge is 0.334 e. The number of urea groups is 1. The Morgan fingerprint density at radius 3 is 2.71 bits per heavy atom. The summed E-state index contributed by atoms with van der Waals surface area (Å²) in [7, 11) is 3.90. The van der Waals surface area contributed by atoms with E-state index in [1.54, 1.807) is 23.9 Å². The normalized spacial score (nSPS) is 22.8. The number of anilines is 1. The molecule has 5 rings (SSSR count). The molecular formula is C28H37FN8O. The van der Waals surface area contributed by atoms with Crippen LogP contribution in [0.2, 0.25) is 0 Å². The van der Waals surface area contributed by atoms with Gasteiger partial charge in [-0.1, -0.05) is 24.3 Å². The fourth-order valence-electron chi connectivity index (χ4n) is 5.86. The Morgan fingerprint density at radius 2 is 1.92 bits per heavy atom. The van der Waals surface area contributed by atoms with Crippen molar-refractivity contribution in [2.45, 2.75) is 31.7 Å². The fraction of sp³-hybridized carbons (Fsp3) is 0.500. The highest BCUT2D eigenvalue weighted by molar-refractivity contribution is 5.90. The van der Waals surface area contributed by atoms with Crippen LogP contribution in [-0.4, -0.2) is 81.9 Å². The Balaban J connectivity index is 1.18. The third kappa shape index (κ3) is 6.73. The van der Waals surface area contributed by atoms with E-state index >= 15 is 0 Å². The topological polar surface area (TPSA) is 91.2 Å². The van der Waals surface area contributed by atoms with Gasteiger partial charge < -0.3 is 20.4 Å². The highest BCUT2D eigenvalue weighted by Gasteiger charge is 2.32. The van der Waals surface area contributed by atoms with Crippen molar-refractivity contribution in [2.24, 2.45) is 18.9 Å². The maximum Gasteiger partial charge on any atom is 0.319 e. The van der Waals surface area contributed by atoms with Gasteiger partial charge in [-0.3, -0.25) is 0 Å². The van der Waals surface area contributed by atoms with Gasteiger partial charge in [0.1, 0.15) is 5.82 Å². The summed E-state index contributed by atoms with van der Waals surface area (Å²) in [5, 5.41) is 17.9. The molecule has 10 heteroatoms.